The maximum absolute atomic E-state index is 13.7. The Morgan fingerprint density at radius 3 is 2.73 bits per heavy atom. The molecule has 6 nitrogen and oxygen atoms in total. The molecule has 4 rings (SSSR count). The second kappa shape index (κ2) is 6.99. The van der Waals surface area contributed by atoms with Crippen LogP contribution < -0.4 is 0 Å². The molecule has 0 spiro atoms. The predicted octanol–water partition coefficient (Wildman–Crippen LogP) is 2.70. The standard InChI is InChI=1S/C19H23FN6/c1-13-8-16(25(2)24-13)11-26-10-15(9-20)17(12-26)19-21-18(22-23-19)14-6-4-3-5-7-14/h3-8,15,17H,9-12H2,1-2H3,(H,21,22,23)/t15-,17-/m1/s1. The zero-order valence-corrected chi connectivity index (χ0v) is 15.1. The lowest BCUT2D eigenvalue weighted by Crippen LogP contribution is -2.22. The number of alkyl halides is 1. The molecule has 1 aliphatic heterocycles. The Balaban J connectivity index is 1.51. The molecule has 0 aliphatic carbocycles. The summed E-state index contributed by atoms with van der Waals surface area (Å²) in [5, 5.41) is 11.8. The van der Waals surface area contributed by atoms with Crippen LogP contribution in [-0.2, 0) is 13.6 Å². The van der Waals surface area contributed by atoms with Crippen molar-refractivity contribution in [1.82, 2.24) is 29.9 Å². The van der Waals surface area contributed by atoms with Crippen LogP contribution in [0.15, 0.2) is 36.4 Å². The molecule has 3 aromatic rings. The number of halogens is 1. The van der Waals surface area contributed by atoms with Crippen LogP contribution in [0.25, 0.3) is 11.4 Å². The van der Waals surface area contributed by atoms with Gasteiger partial charge in [-0.15, -0.1) is 0 Å². The Morgan fingerprint density at radius 1 is 1.23 bits per heavy atom. The van der Waals surface area contributed by atoms with Gasteiger partial charge in [0.2, 0.25) is 0 Å². The van der Waals surface area contributed by atoms with Crippen LogP contribution >= 0.6 is 0 Å². The number of benzene rings is 1. The van der Waals surface area contributed by atoms with Crippen LogP contribution in [0.1, 0.15) is 23.1 Å². The Bertz CT molecular complexity index is 871. The summed E-state index contributed by atoms with van der Waals surface area (Å²) < 4.78 is 15.6. The van der Waals surface area contributed by atoms with Crippen molar-refractivity contribution in [2.24, 2.45) is 13.0 Å². The number of H-pyrrole nitrogens is 1. The van der Waals surface area contributed by atoms with Crippen molar-refractivity contribution in [3.63, 3.8) is 0 Å². The predicted molar refractivity (Wildman–Crippen MR) is 97.2 cm³/mol. The molecule has 0 amide bonds. The lowest BCUT2D eigenvalue weighted by atomic mass is 9.97. The van der Waals surface area contributed by atoms with Gasteiger partial charge in [-0.1, -0.05) is 30.3 Å². The van der Waals surface area contributed by atoms with Crippen molar-refractivity contribution in [2.45, 2.75) is 19.4 Å². The lowest BCUT2D eigenvalue weighted by Gasteiger charge is -2.15. The van der Waals surface area contributed by atoms with Gasteiger partial charge in [0.1, 0.15) is 5.82 Å². The van der Waals surface area contributed by atoms with E-state index in [0.717, 1.165) is 35.9 Å². The Labute approximate surface area is 152 Å². The Kier molecular flexibility index (Phi) is 4.55. The zero-order chi connectivity index (χ0) is 18.1. The van der Waals surface area contributed by atoms with E-state index < -0.39 is 0 Å². The van der Waals surface area contributed by atoms with E-state index in [0.29, 0.717) is 12.4 Å². The number of hydrogen-bond donors (Lipinski definition) is 1. The van der Waals surface area contributed by atoms with Crippen molar-refractivity contribution < 1.29 is 4.39 Å². The van der Waals surface area contributed by atoms with E-state index in [1.54, 1.807) is 0 Å². The molecule has 2 atom stereocenters. The number of rotatable bonds is 5. The summed E-state index contributed by atoms with van der Waals surface area (Å²) in [6, 6.07) is 11.9. The fourth-order valence-corrected chi connectivity index (χ4v) is 3.75. The van der Waals surface area contributed by atoms with Gasteiger partial charge in [0.05, 0.1) is 18.1 Å². The van der Waals surface area contributed by atoms with Crippen molar-refractivity contribution in [3.05, 3.63) is 53.6 Å². The van der Waals surface area contributed by atoms with Gasteiger partial charge in [0.15, 0.2) is 5.82 Å². The van der Waals surface area contributed by atoms with E-state index in [4.69, 9.17) is 0 Å². The first kappa shape index (κ1) is 16.9. The average molecular weight is 354 g/mol. The molecule has 1 N–H and O–H groups in total. The number of aryl methyl sites for hydroxylation is 2. The van der Waals surface area contributed by atoms with Crippen LogP contribution in [-0.4, -0.2) is 49.6 Å². The average Bonchev–Trinajstić information content (AvgIpc) is 3.35. The van der Waals surface area contributed by atoms with Gasteiger partial charge in [0.25, 0.3) is 0 Å². The van der Waals surface area contributed by atoms with Crippen LogP contribution in [0.2, 0.25) is 0 Å². The minimum atomic E-state index is -0.354. The first-order valence-corrected chi connectivity index (χ1v) is 8.89. The van der Waals surface area contributed by atoms with E-state index in [2.05, 4.69) is 31.2 Å². The summed E-state index contributed by atoms with van der Waals surface area (Å²) in [6.07, 6.45) is 0. The van der Waals surface area contributed by atoms with Crippen molar-refractivity contribution in [3.8, 4) is 11.4 Å². The second-order valence-corrected chi connectivity index (χ2v) is 7.03. The Morgan fingerprint density at radius 2 is 2.04 bits per heavy atom. The molecule has 2 aromatic heterocycles. The number of aromatic amines is 1. The van der Waals surface area contributed by atoms with Gasteiger partial charge in [-0.05, 0) is 13.0 Å². The van der Waals surface area contributed by atoms with Gasteiger partial charge in [-0.2, -0.15) is 10.2 Å². The fourth-order valence-electron chi connectivity index (χ4n) is 3.75. The molecule has 0 radical (unpaired) electrons. The molecular weight excluding hydrogens is 331 g/mol. The molecule has 26 heavy (non-hydrogen) atoms. The molecular formula is C19H23FN6. The van der Waals surface area contributed by atoms with Crippen molar-refractivity contribution in [1.29, 1.82) is 0 Å². The molecule has 1 aromatic carbocycles. The zero-order valence-electron chi connectivity index (χ0n) is 15.1. The van der Waals surface area contributed by atoms with Crippen molar-refractivity contribution in [2.75, 3.05) is 19.8 Å². The summed E-state index contributed by atoms with van der Waals surface area (Å²) >= 11 is 0. The van der Waals surface area contributed by atoms with E-state index >= 15 is 0 Å². The van der Waals surface area contributed by atoms with Crippen LogP contribution in [0.4, 0.5) is 4.39 Å². The van der Waals surface area contributed by atoms with Gasteiger partial charge < -0.3 is 0 Å². The van der Waals surface area contributed by atoms with Crippen LogP contribution in [0.5, 0.6) is 0 Å². The third-order valence-electron chi connectivity index (χ3n) is 5.09. The highest BCUT2D eigenvalue weighted by atomic mass is 19.1. The van der Waals surface area contributed by atoms with Gasteiger partial charge in [-0.3, -0.25) is 19.1 Å². The highest BCUT2D eigenvalue weighted by molar-refractivity contribution is 5.53. The summed E-state index contributed by atoms with van der Waals surface area (Å²) in [6.45, 7) is 3.88. The van der Waals surface area contributed by atoms with Gasteiger partial charge in [-0.25, -0.2) is 4.98 Å². The molecule has 1 aliphatic rings. The molecule has 3 heterocycles. The van der Waals surface area contributed by atoms with E-state index in [1.165, 1.54) is 0 Å². The van der Waals surface area contributed by atoms with Crippen LogP contribution in [0, 0.1) is 12.8 Å². The first-order chi connectivity index (χ1) is 12.6. The highest BCUT2D eigenvalue weighted by Gasteiger charge is 2.36. The number of hydrogen-bond acceptors (Lipinski definition) is 4. The quantitative estimate of drug-likeness (QED) is 0.765. The molecule has 0 bridgehead atoms. The van der Waals surface area contributed by atoms with E-state index in [1.807, 2.05) is 49.0 Å². The van der Waals surface area contributed by atoms with E-state index in [9.17, 15) is 4.39 Å². The largest absolute Gasteiger partial charge is 0.296 e. The topological polar surface area (TPSA) is 62.6 Å². The summed E-state index contributed by atoms with van der Waals surface area (Å²) in [5.74, 6) is 1.40. The summed E-state index contributed by atoms with van der Waals surface area (Å²) in [7, 11) is 1.95. The second-order valence-electron chi connectivity index (χ2n) is 7.03. The van der Waals surface area contributed by atoms with Gasteiger partial charge in [0, 0.05) is 44.1 Å². The minimum Gasteiger partial charge on any atom is -0.296 e. The highest BCUT2D eigenvalue weighted by Crippen LogP contribution is 2.32. The van der Waals surface area contributed by atoms with Crippen LogP contribution in [0.3, 0.4) is 0 Å². The molecule has 7 heteroatoms. The minimum absolute atomic E-state index is 0.0271. The third kappa shape index (κ3) is 3.26. The van der Waals surface area contributed by atoms with Crippen molar-refractivity contribution >= 4 is 0 Å². The maximum Gasteiger partial charge on any atom is 0.181 e. The smallest absolute Gasteiger partial charge is 0.181 e. The number of nitrogens with zero attached hydrogens (tertiary/aromatic N) is 5. The molecule has 0 saturated carbocycles. The summed E-state index contributed by atoms with van der Waals surface area (Å²) in [4.78, 5) is 6.92. The van der Waals surface area contributed by atoms with E-state index in [-0.39, 0.29) is 18.5 Å². The lowest BCUT2D eigenvalue weighted by molar-refractivity contribution is 0.289. The number of nitrogens with one attached hydrogen (secondary N) is 1. The SMILES string of the molecule is Cc1cc(CN2C[C@@H](CF)[C@H](c3nc(-c4ccccc4)n[nH]3)C2)n(C)n1. The fraction of sp³-hybridized carbons (Fsp3) is 0.421. The molecule has 1 saturated heterocycles. The summed E-state index contributed by atoms with van der Waals surface area (Å²) in [5.41, 5.74) is 3.11. The molecule has 136 valence electrons. The molecule has 1 fully saturated rings. The maximum atomic E-state index is 13.7. The Hall–Kier alpha value is -2.54. The number of aromatic nitrogens is 5. The third-order valence-corrected chi connectivity index (χ3v) is 5.09. The monoisotopic (exact) mass is 354 g/mol. The molecule has 0 unspecified atom stereocenters. The normalized spacial score (nSPS) is 20.7. The number of likely N-dealkylation sites (tertiary alicyclic amines) is 1. The first-order valence-electron chi connectivity index (χ1n) is 8.89. The van der Waals surface area contributed by atoms with Gasteiger partial charge >= 0.3 is 0 Å².